The van der Waals surface area contributed by atoms with Crippen LogP contribution in [-0.2, 0) is 6.54 Å². The van der Waals surface area contributed by atoms with Gasteiger partial charge in [-0.05, 0) is 37.7 Å². The van der Waals surface area contributed by atoms with Crippen LogP contribution in [0.4, 0.5) is 0 Å². The van der Waals surface area contributed by atoms with E-state index in [0.29, 0.717) is 12.5 Å². The molecule has 0 radical (unpaired) electrons. The second-order valence-corrected chi connectivity index (χ2v) is 7.61. The molecule has 112 valence electrons. The van der Waals surface area contributed by atoms with Crippen LogP contribution >= 0.6 is 23.4 Å². The van der Waals surface area contributed by atoms with Crippen LogP contribution in [0.2, 0.25) is 5.02 Å². The average molecular weight is 314 g/mol. The molecule has 0 spiro atoms. The normalized spacial score (nSPS) is 18.6. The number of fused-ring (bicyclic) bond motifs is 1. The average Bonchev–Trinajstić information content (AvgIpc) is 2.48. The highest BCUT2D eigenvalue weighted by atomic mass is 35.5. The molecule has 1 aliphatic rings. The van der Waals surface area contributed by atoms with Gasteiger partial charge in [0.05, 0.1) is 10.6 Å². The van der Waals surface area contributed by atoms with Gasteiger partial charge in [-0.1, -0.05) is 31.5 Å². The first-order valence-corrected chi connectivity index (χ1v) is 8.81. The van der Waals surface area contributed by atoms with Crippen molar-refractivity contribution in [1.82, 2.24) is 4.90 Å². The Kier molecular flexibility index (Phi) is 4.93. The molecule has 0 unspecified atom stereocenters. The quantitative estimate of drug-likeness (QED) is 0.798. The third-order valence-electron chi connectivity index (χ3n) is 3.88. The predicted octanol–water partition coefficient (Wildman–Crippen LogP) is 4.76. The third kappa shape index (κ3) is 3.26. The molecule has 0 bridgehead atoms. The summed E-state index contributed by atoms with van der Waals surface area (Å²) in [5, 5.41) is 0.744. The molecule has 0 saturated heterocycles. The van der Waals surface area contributed by atoms with E-state index in [-0.39, 0.29) is 5.54 Å². The van der Waals surface area contributed by atoms with E-state index in [0.717, 1.165) is 23.2 Å². The number of hydrogen-bond donors (Lipinski definition) is 0. The highest BCUT2D eigenvalue weighted by molar-refractivity contribution is 7.98. The molecule has 1 heterocycles. The molecule has 1 aromatic rings. The Bertz CT molecular complexity index is 488. The Morgan fingerprint density at radius 3 is 2.70 bits per heavy atom. The van der Waals surface area contributed by atoms with Gasteiger partial charge in [0.1, 0.15) is 12.4 Å². The van der Waals surface area contributed by atoms with Crippen LogP contribution in [-0.4, -0.2) is 29.2 Å². The van der Waals surface area contributed by atoms with Gasteiger partial charge in [0.2, 0.25) is 0 Å². The molecule has 0 aromatic heterocycles. The van der Waals surface area contributed by atoms with Gasteiger partial charge in [0.15, 0.2) is 0 Å². The number of halogens is 1. The molecule has 0 N–H and O–H groups in total. The Morgan fingerprint density at radius 1 is 1.40 bits per heavy atom. The first kappa shape index (κ1) is 16.0. The summed E-state index contributed by atoms with van der Waals surface area (Å²) < 4.78 is 6.02. The topological polar surface area (TPSA) is 12.5 Å². The van der Waals surface area contributed by atoms with Gasteiger partial charge in [-0.3, -0.25) is 4.90 Å². The second-order valence-electron chi connectivity index (χ2n) is 6.36. The molecule has 1 aliphatic heterocycles. The van der Waals surface area contributed by atoms with Crippen LogP contribution in [0, 0.1) is 0 Å². The highest BCUT2D eigenvalue weighted by Gasteiger charge is 2.32. The molecule has 20 heavy (non-hydrogen) atoms. The van der Waals surface area contributed by atoms with E-state index in [2.05, 4.69) is 44.9 Å². The molecule has 0 fully saturated rings. The fraction of sp³-hybridized carbons (Fsp3) is 0.625. The Balaban J connectivity index is 2.41. The second kappa shape index (κ2) is 6.17. The summed E-state index contributed by atoms with van der Waals surface area (Å²) in [5.74, 6) is 2.34. The summed E-state index contributed by atoms with van der Waals surface area (Å²) in [6, 6.07) is 4.29. The first-order valence-electron chi connectivity index (χ1n) is 7.04. The largest absolute Gasteiger partial charge is 0.490 e. The molecular formula is C16H24ClNOS. The van der Waals surface area contributed by atoms with Crippen molar-refractivity contribution in [2.45, 2.75) is 45.7 Å². The number of ether oxygens (including phenoxy) is 1. The van der Waals surface area contributed by atoms with Crippen LogP contribution in [0.5, 0.6) is 5.75 Å². The predicted molar refractivity (Wildman–Crippen MR) is 89.0 cm³/mol. The zero-order valence-electron chi connectivity index (χ0n) is 13.0. The van der Waals surface area contributed by atoms with Crippen LogP contribution in [0.3, 0.4) is 0 Å². The molecule has 2 rings (SSSR count). The van der Waals surface area contributed by atoms with Gasteiger partial charge >= 0.3 is 0 Å². The van der Waals surface area contributed by atoms with Gasteiger partial charge in [-0.15, -0.1) is 11.8 Å². The van der Waals surface area contributed by atoms with Crippen LogP contribution in [0.25, 0.3) is 0 Å². The van der Waals surface area contributed by atoms with E-state index >= 15 is 0 Å². The molecule has 0 aliphatic carbocycles. The zero-order valence-corrected chi connectivity index (χ0v) is 14.6. The van der Waals surface area contributed by atoms with Crippen LogP contribution < -0.4 is 4.74 Å². The lowest BCUT2D eigenvalue weighted by Crippen LogP contribution is -2.46. The lowest BCUT2D eigenvalue weighted by Gasteiger charge is -2.35. The minimum Gasteiger partial charge on any atom is -0.490 e. The van der Waals surface area contributed by atoms with Gasteiger partial charge < -0.3 is 4.74 Å². The summed E-state index contributed by atoms with van der Waals surface area (Å²) in [6.07, 6.45) is 2.14. The van der Waals surface area contributed by atoms with Crippen LogP contribution in [0.15, 0.2) is 12.1 Å². The number of benzene rings is 1. The molecule has 4 heteroatoms. The van der Waals surface area contributed by atoms with Gasteiger partial charge in [0.25, 0.3) is 0 Å². The fourth-order valence-electron chi connectivity index (χ4n) is 2.42. The summed E-state index contributed by atoms with van der Waals surface area (Å²) >= 11 is 8.28. The van der Waals surface area contributed by atoms with Crippen molar-refractivity contribution in [3.8, 4) is 5.75 Å². The SMILES string of the molecule is CSCN1Cc2cc(C(C)C)cc(Cl)c2OCC1(C)C. The van der Waals surface area contributed by atoms with Gasteiger partial charge in [-0.2, -0.15) is 0 Å². The van der Waals surface area contributed by atoms with Gasteiger partial charge in [-0.25, -0.2) is 0 Å². The minimum atomic E-state index is 0.0172. The number of thioether (sulfide) groups is 1. The summed E-state index contributed by atoms with van der Waals surface area (Å²) in [6.45, 7) is 10.4. The smallest absolute Gasteiger partial charge is 0.142 e. The lowest BCUT2D eigenvalue weighted by atomic mass is 9.99. The van der Waals surface area contributed by atoms with Crippen LogP contribution in [0.1, 0.15) is 44.7 Å². The Labute approximate surface area is 131 Å². The first-order chi connectivity index (χ1) is 9.35. The van der Waals surface area contributed by atoms with E-state index in [1.807, 2.05) is 17.8 Å². The minimum absolute atomic E-state index is 0.0172. The number of nitrogens with zero attached hydrogens (tertiary/aromatic N) is 1. The molecular weight excluding hydrogens is 290 g/mol. The van der Waals surface area contributed by atoms with E-state index in [1.165, 1.54) is 11.1 Å². The fourth-order valence-corrected chi connectivity index (χ4v) is 3.48. The number of rotatable bonds is 3. The Morgan fingerprint density at radius 2 is 2.10 bits per heavy atom. The van der Waals surface area contributed by atoms with E-state index in [1.54, 1.807) is 0 Å². The summed E-state index contributed by atoms with van der Waals surface area (Å²) in [5.41, 5.74) is 2.51. The lowest BCUT2D eigenvalue weighted by molar-refractivity contribution is 0.0951. The zero-order chi connectivity index (χ0) is 14.9. The van der Waals surface area contributed by atoms with E-state index in [9.17, 15) is 0 Å². The monoisotopic (exact) mass is 313 g/mol. The maximum absolute atomic E-state index is 6.43. The highest BCUT2D eigenvalue weighted by Crippen LogP contribution is 2.38. The molecule has 1 aromatic carbocycles. The summed E-state index contributed by atoms with van der Waals surface area (Å²) in [4.78, 5) is 2.46. The van der Waals surface area contributed by atoms with Gasteiger partial charge in [0, 0.05) is 18.0 Å². The third-order valence-corrected chi connectivity index (χ3v) is 4.73. The molecule has 2 nitrogen and oxygen atoms in total. The number of hydrogen-bond acceptors (Lipinski definition) is 3. The van der Waals surface area contributed by atoms with E-state index < -0.39 is 0 Å². The molecule has 0 atom stereocenters. The molecule has 0 saturated carbocycles. The van der Waals surface area contributed by atoms with Crippen molar-refractivity contribution in [3.05, 3.63) is 28.3 Å². The standard InChI is InChI=1S/C16H24ClNOS/c1-11(2)12-6-13-8-18(10-20-5)16(3,4)9-19-15(13)14(17)7-12/h6-7,11H,8-10H2,1-5H3. The van der Waals surface area contributed by atoms with Crippen molar-refractivity contribution in [3.63, 3.8) is 0 Å². The van der Waals surface area contributed by atoms with Crippen molar-refractivity contribution >= 4 is 23.4 Å². The van der Waals surface area contributed by atoms with Crippen molar-refractivity contribution in [2.24, 2.45) is 0 Å². The molecule has 0 amide bonds. The van der Waals surface area contributed by atoms with Crippen molar-refractivity contribution in [1.29, 1.82) is 0 Å². The van der Waals surface area contributed by atoms with E-state index in [4.69, 9.17) is 16.3 Å². The maximum Gasteiger partial charge on any atom is 0.142 e. The Hall–Kier alpha value is -0.380. The maximum atomic E-state index is 6.43. The van der Waals surface area contributed by atoms with Crippen molar-refractivity contribution < 1.29 is 4.74 Å². The van der Waals surface area contributed by atoms with Crippen molar-refractivity contribution in [2.75, 3.05) is 18.7 Å². The summed E-state index contributed by atoms with van der Waals surface area (Å²) in [7, 11) is 0.